The zero-order chi connectivity index (χ0) is 12.7. The summed E-state index contributed by atoms with van der Waals surface area (Å²) in [6, 6.07) is 0. The topological polar surface area (TPSA) is 52.6 Å². The molecule has 1 aliphatic heterocycles. The van der Waals surface area contributed by atoms with Gasteiger partial charge in [-0.1, -0.05) is 6.58 Å². The molecule has 0 aromatic carbocycles. The first-order chi connectivity index (χ1) is 8.09. The van der Waals surface area contributed by atoms with Crippen molar-refractivity contribution in [2.24, 2.45) is 0 Å². The highest BCUT2D eigenvalue weighted by Gasteiger charge is 2.18. The Morgan fingerprint density at radius 3 is 2.88 bits per heavy atom. The number of hydrogen-bond donors (Lipinski definition) is 0. The molecule has 1 aliphatic rings. The van der Waals surface area contributed by atoms with Gasteiger partial charge in [-0.25, -0.2) is 9.59 Å². The van der Waals surface area contributed by atoms with Crippen molar-refractivity contribution in [3.05, 3.63) is 12.2 Å². The zero-order valence-electron chi connectivity index (χ0n) is 9.77. The molecule has 0 aromatic rings. The molecule has 0 aromatic heterocycles. The summed E-state index contributed by atoms with van der Waals surface area (Å²) in [6.07, 6.45) is 1.13. The summed E-state index contributed by atoms with van der Waals surface area (Å²) in [5.74, 6) is 1.83. The fourth-order valence-corrected chi connectivity index (χ4v) is 3.48. The molecule has 1 saturated heterocycles. The minimum atomic E-state index is -0.565. The predicted octanol–water partition coefficient (Wildman–Crippen LogP) is 1.85. The van der Waals surface area contributed by atoms with Crippen LogP contribution in [-0.4, -0.2) is 41.2 Å². The highest BCUT2D eigenvalue weighted by molar-refractivity contribution is 8.03. The summed E-state index contributed by atoms with van der Waals surface area (Å²) < 4.78 is 9.91. The average molecular weight is 276 g/mol. The number of esters is 2. The van der Waals surface area contributed by atoms with Gasteiger partial charge < -0.3 is 9.47 Å². The van der Waals surface area contributed by atoms with Crippen molar-refractivity contribution in [1.82, 2.24) is 0 Å². The number of rotatable bonds is 4. The lowest BCUT2D eigenvalue weighted by atomic mass is 10.4. The standard InChI is InChI=1S/C11H16O4S2/c1-8(2)11(13)14-6-9(12)15-10-7-16-4-3-5-17-10/h10H,1,3-7H2,2H3. The molecule has 1 rings (SSSR count). The lowest BCUT2D eigenvalue weighted by Crippen LogP contribution is -2.22. The monoisotopic (exact) mass is 276 g/mol. The maximum absolute atomic E-state index is 11.4. The van der Waals surface area contributed by atoms with Crippen molar-refractivity contribution in [3.8, 4) is 0 Å². The molecule has 0 amide bonds. The molecule has 0 N–H and O–H groups in total. The Bertz CT molecular complexity index is 296. The van der Waals surface area contributed by atoms with Gasteiger partial charge in [0.05, 0.1) is 0 Å². The molecule has 0 bridgehead atoms. The van der Waals surface area contributed by atoms with Gasteiger partial charge in [-0.05, 0) is 24.9 Å². The molecule has 4 nitrogen and oxygen atoms in total. The number of carbonyl (C=O) groups excluding carboxylic acids is 2. The van der Waals surface area contributed by atoms with Gasteiger partial charge in [-0.3, -0.25) is 0 Å². The van der Waals surface area contributed by atoms with Gasteiger partial charge in [0.25, 0.3) is 0 Å². The van der Waals surface area contributed by atoms with Crippen LogP contribution in [0.15, 0.2) is 12.2 Å². The Kier molecular flexibility index (Phi) is 6.50. The van der Waals surface area contributed by atoms with Crippen LogP contribution in [0.4, 0.5) is 0 Å². The van der Waals surface area contributed by atoms with Crippen molar-refractivity contribution in [3.63, 3.8) is 0 Å². The third-order valence-corrected chi connectivity index (χ3v) is 4.41. The van der Waals surface area contributed by atoms with Crippen molar-refractivity contribution in [2.45, 2.75) is 18.8 Å². The van der Waals surface area contributed by atoms with Crippen LogP contribution in [0.5, 0.6) is 0 Å². The van der Waals surface area contributed by atoms with Crippen LogP contribution in [0, 0.1) is 0 Å². The van der Waals surface area contributed by atoms with Gasteiger partial charge in [0.1, 0.15) is 0 Å². The number of ether oxygens (including phenoxy) is 2. The van der Waals surface area contributed by atoms with Crippen LogP contribution in [0.3, 0.4) is 0 Å². The van der Waals surface area contributed by atoms with Gasteiger partial charge >= 0.3 is 11.9 Å². The Hall–Kier alpha value is -0.620. The Labute approximate surface area is 109 Å². The van der Waals surface area contributed by atoms with Gasteiger partial charge in [-0.2, -0.15) is 11.8 Å². The molecule has 6 heteroatoms. The van der Waals surface area contributed by atoms with Crippen molar-refractivity contribution in [2.75, 3.05) is 23.9 Å². The molecule has 1 atom stereocenters. The summed E-state index contributed by atoms with van der Waals surface area (Å²) in [7, 11) is 0. The number of thioether (sulfide) groups is 2. The first kappa shape index (κ1) is 14.4. The fourth-order valence-electron chi connectivity index (χ4n) is 1.10. The minimum absolute atomic E-state index is 0.126. The molecule has 1 fully saturated rings. The lowest BCUT2D eigenvalue weighted by Gasteiger charge is -2.14. The highest BCUT2D eigenvalue weighted by Crippen LogP contribution is 2.24. The number of carbonyl (C=O) groups is 2. The fraction of sp³-hybridized carbons (Fsp3) is 0.636. The van der Waals surface area contributed by atoms with Crippen LogP contribution < -0.4 is 0 Å². The van der Waals surface area contributed by atoms with E-state index in [0.29, 0.717) is 0 Å². The van der Waals surface area contributed by atoms with Gasteiger partial charge in [0, 0.05) is 11.3 Å². The first-order valence-electron chi connectivity index (χ1n) is 5.31. The van der Waals surface area contributed by atoms with E-state index in [1.54, 1.807) is 23.5 Å². The molecule has 0 radical (unpaired) electrons. The smallest absolute Gasteiger partial charge is 0.345 e. The minimum Gasteiger partial charge on any atom is -0.450 e. The third kappa shape index (κ3) is 6.02. The Morgan fingerprint density at radius 1 is 1.41 bits per heavy atom. The van der Waals surface area contributed by atoms with E-state index in [1.807, 2.05) is 0 Å². The zero-order valence-corrected chi connectivity index (χ0v) is 11.4. The predicted molar refractivity (Wildman–Crippen MR) is 70.1 cm³/mol. The quantitative estimate of drug-likeness (QED) is 0.577. The van der Waals surface area contributed by atoms with Crippen LogP contribution in [0.25, 0.3) is 0 Å². The summed E-state index contributed by atoms with van der Waals surface area (Å²) in [5, 5.41) is 0. The molecule has 0 aliphatic carbocycles. The van der Waals surface area contributed by atoms with Crippen LogP contribution in [-0.2, 0) is 19.1 Å². The maximum atomic E-state index is 11.4. The molecule has 17 heavy (non-hydrogen) atoms. The van der Waals surface area contributed by atoms with Crippen molar-refractivity contribution < 1.29 is 19.1 Å². The average Bonchev–Trinajstić information content (AvgIpc) is 2.54. The van der Waals surface area contributed by atoms with Gasteiger partial charge in [0.2, 0.25) is 0 Å². The van der Waals surface area contributed by atoms with E-state index in [2.05, 4.69) is 6.58 Å². The maximum Gasteiger partial charge on any atom is 0.345 e. The van der Waals surface area contributed by atoms with Crippen LogP contribution >= 0.6 is 23.5 Å². The molecule has 1 heterocycles. The molecule has 0 saturated carbocycles. The molecular weight excluding hydrogens is 260 g/mol. The van der Waals surface area contributed by atoms with Gasteiger partial charge in [0.15, 0.2) is 12.0 Å². The first-order valence-corrected chi connectivity index (χ1v) is 7.51. The molecule has 96 valence electrons. The van der Waals surface area contributed by atoms with E-state index < -0.39 is 11.9 Å². The van der Waals surface area contributed by atoms with E-state index in [4.69, 9.17) is 9.47 Å². The van der Waals surface area contributed by atoms with E-state index in [0.717, 1.165) is 23.7 Å². The molecule has 1 unspecified atom stereocenters. The molecular formula is C11H16O4S2. The second-order valence-corrected chi connectivity index (χ2v) is 5.99. The lowest BCUT2D eigenvalue weighted by molar-refractivity contribution is -0.157. The summed E-state index contributed by atoms with van der Waals surface area (Å²) in [4.78, 5) is 22.5. The summed E-state index contributed by atoms with van der Waals surface area (Å²) >= 11 is 3.41. The second kappa shape index (κ2) is 7.66. The largest absolute Gasteiger partial charge is 0.450 e. The molecule has 0 spiro atoms. The normalized spacial score (nSPS) is 20.2. The number of hydrogen-bond acceptors (Lipinski definition) is 6. The van der Waals surface area contributed by atoms with Crippen molar-refractivity contribution >= 4 is 35.5 Å². The van der Waals surface area contributed by atoms with E-state index >= 15 is 0 Å². The van der Waals surface area contributed by atoms with E-state index in [1.165, 1.54) is 6.92 Å². The summed E-state index contributed by atoms with van der Waals surface area (Å²) in [5.41, 5.74) is 0.149. The third-order valence-electron chi connectivity index (χ3n) is 1.92. The van der Waals surface area contributed by atoms with Crippen molar-refractivity contribution in [1.29, 1.82) is 0 Å². The summed E-state index contributed by atoms with van der Waals surface area (Å²) in [6.45, 7) is 4.62. The van der Waals surface area contributed by atoms with E-state index in [9.17, 15) is 9.59 Å². The van der Waals surface area contributed by atoms with Crippen LogP contribution in [0.2, 0.25) is 0 Å². The second-order valence-electron chi connectivity index (χ2n) is 3.58. The van der Waals surface area contributed by atoms with Crippen LogP contribution in [0.1, 0.15) is 13.3 Å². The Morgan fingerprint density at radius 2 is 2.18 bits per heavy atom. The van der Waals surface area contributed by atoms with Gasteiger partial charge in [-0.15, -0.1) is 11.8 Å². The Balaban J connectivity index is 2.23. The highest BCUT2D eigenvalue weighted by atomic mass is 32.2. The van der Waals surface area contributed by atoms with E-state index in [-0.39, 0.29) is 17.6 Å². The SMILES string of the molecule is C=C(C)C(=O)OCC(=O)OC1CSCCCS1.